The summed E-state index contributed by atoms with van der Waals surface area (Å²) >= 11 is 7.90. The van der Waals surface area contributed by atoms with E-state index in [-0.39, 0.29) is 17.6 Å². The van der Waals surface area contributed by atoms with Crippen LogP contribution in [0.1, 0.15) is 6.92 Å². The summed E-state index contributed by atoms with van der Waals surface area (Å²) in [6.07, 6.45) is 0. The summed E-state index contributed by atoms with van der Waals surface area (Å²) in [4.78, 5) is 21.9. The third-order valence-electron chi connectivity index (χ3n) is 1.29. The first-order valence-electron chi connectivity index (χ1n) is 3.88. The van der Waals surface area contributed by atoms with Crippen molar-refractivity contribution in [1.82, 2.24) is 10.6 Å². The average Bonchev–Trinajstić information content (AvgIpc) is 2.09. The van der Waals surface area contributed by atoms with Gasteiger partial charge >= 0.3 is 0 Å². The number of thiol groups is 2. The molecule has 0 heterocycles. The van der Waals surface area contributed by atoms with Crippen molar-refractivity contribution < 1.29 is 9.59 Å². The van der Waals surface area contributed by atoms with Gasteiger partial charge in [0.25, 0.3) is 0 Å². The molecule has 2 amide bonds. The highest BCUT2D eigenvalue weighted by Crippen LogP contribution is 1.88. The third-order valence-corrected chi connectivity index (χ3v) is 1.88. The van der Waals surface area contributed by atoms with E-state index >= 15 is 0 Å². The molecule has 0 spiro atoms. The van der Waals surface area contributed by atoms with E-state index in [1.807, 2.05) is 0 Å². The molecule has 0 aliphatic rings. The van der Waals surface area contributed by atoms with Crippen molar-refractivity contribution in [3.8, 4) is 0 Å². The lowest BCUT2D eigenvalue weighted by molar-refractivity contribution is -0.127. The zero-order valence-corrected chi connectivity index (χ0v) is 9.20. The van der Waals surface area contributed by atoms with Crippen molar-refractivity contribution in [2.75, 3.05) is 18.1 Å². The van der Waals surface area contributed by atoms with E-state index in [0.717, 1.165) is 0 Å². The number of rotatable bonds is 5. The van der Waals surface area contributed by atoms with E-state index in [0.29, 0.717) is 12.3 Å². The first kappa shape index (κ1) is 12.6. The van der Waals surface area contributed by atoms with E-state index in [4.69, 9.17) is 0 Å². The minimum Gasteiger partial charge on any atom is -0.353 e. The van der Waals surface area contributed by atoms with Crippen molar-refractivity contribution in [1.29, 1.82) is 0 Å². The fourth-order valence-electron chi connectivity index (χ4n) is 0.742. The zero-order valence-electron chi connectivity index (χ0n) is 7.41. The van der Waals surface area contributed by atoms with E-state index in [1.165, 1.54) is 6.92 Å². The molecule has 0 unspecified atom stereocenters. The number of amides is 2. The van der Waals surface area contributed by atoms with Crippen LogP contribution >= 0.6 is 25.3 Å². The molecule has 0 radical (unpaired) electrons. The van der Waals surface area contributed by atoms with Gasteiger partial charge in [-0.1, -0.05) is 0 Å². The molecule has 0 saturated carbocycles. The highest BCUT2D eigenvalue weighted by atomic mass is 32.1. The van der Waals surface area contributed by atoms with Crippen molar-refractivity contribution in [3.63, 3.8) is 0 Å². The molecule has 0 rings (SSSR count). The maximum atomic E-state index is 11.3. The van der Waals surface area contributed by atoms with Crippen LogP contribution in [0.4, 0.5) is 0 Å². The van der Waals surface area contributed by atoms with E-state index in [1.54, 1.807) is 0 Å². The molecule has 1 atom stereocenters. The van der Waals surface area contributed by atoms with Gasteiger partial charge in [0.05, 0.1) is 0 Å². The lowest BCUT2D eigenvalue weighted by Crippen LogP contribution is -2.47. The summed E-state index contributed by atoms with van der Waals surface area (Å²) in [5.41, 5.74) is 0. The van der Waals surface area contributed by atoms with Gasteiger partial charge in [-0.2, -0.15) is 25.3 Å². The second-order valence-electron chi connectivity index (χ2n) is 2.45. The quantitative estimate of drug-likeness (QED) is 0.473. The Hall–Kier alpha value is -0.360. The Balaban J connectivity index is 3.92. The Morgan fingerprint density at radius 3 is 2.38 bits per heavy atom. The normalized spacial score (nSPS) is 11.9. The molecule has 0 aromatic carbocycles. The third kappa shape index (κ3) is 5.81. The predicted molar refractivity (Wildman–Crippen MR) is 58.3 cm³/mol. The molecule has 13 heavy (non-hydrogen) atoms. The fourth-order valence-corrected chi connectivity index (χ4v) is 1.11. The predicted octanol–water partition coefficient (Wildman–Crippen LogP) is -0.533. The minimum atomic E-state index is -0.555. The van der Waals surface area contributed by atoms with Crippen LogP contribution in [0.25, 0.3) is 0 Å². The lowest BCUT2D eigenvalue weighted by Gasteiger charge is -2.14. The van der Waals surface area contributed by atoms with Gasteiger partial charge in [-0.25, -0.2) is 0 Å². The molecule has 0 aromatic heterocycles. The monoisotopic (exact) mass is 222 g/mol. The number of hydrogen-bond donors (Lipinski definition) is 4. The van der Waals surface area contributed by atoms with Crippen LogP contribution in [-0.4, -0.2) is 35.9 Å². The van der Waals surface area contributed by atoms with E-state index in [9.17, 15) is 9.59 Å². The van der Waals surface area contributed by atoms with Gasteiger partial charge in [0.2, 0.25) is 11.8 Å². The summed E-state index contributed by atoms with van der Waals surface area (Å²) in [5, 5.41) is 5.10. The molecule has 76 valence electrons. The highest BCUT2D eigenvalue weighted by molar-refractivity contribution is 7.80. The summed E-state index contributed by atoms with van der Waals surface area (Å²) < 4.78 is 0. The summed E-state index contributed by atoms with van der Waals surface area (Å²) in [6.45, 7) is 1.86. The van der Waals surface area contributed by atoms with Gasteiger partial charge in [-0.3, -0.25) is 9.59 Å². The molecule has 0 aromatic rings. The van der Waals surface area contributed by atoms with E-state index < -0.39 is 6.04 Å². The first-order valence-corrected chi connectivity index (χ1v) is 5.14. The fraction of sp³-hybridized carbons (Fsp3) is 0.714. The standard InChI is InChI=1S/C7H14N2O2S2/c1-5(10)9-6(4-13)7(11)8-2-3-12/h6,12-13H,2-4H2,1H3,(H,8,11)(H,9,10)/t6-/m0/s1. The second kappa shape index (κ2) is 7.08. The van der Waals surface area contributed by atoms with Crippen LogP contribution in [0, 0.1) is 0 Å². The lowest BCUT2D eigenvalue weighted by atomic mass is 10.3. The molecule has 6 heteroatoms. The molecule has 0 bridgehead atoms. The molecular weight excluding hydrogens is 208 g/mol. The topological polar surface area (TPSA) is 58.2 Å². The second-order valence-corrected chi connectivity index (χ2v) is 3.26. The molecule has 0 fully saturated rings. The molecule has 0 aliphatic heterocycles. The summed E-state index contributed by atoms with van der Waals surface area (Å²) in [6, 6.07) is -0.555. The molecule has 0 aliphatic carbocycles. The summed E-state index contributed by atoms with van der Waals surface area (Å²) in [7, 11) is 0. The zero-order chi connectivity index (χ0) is 10.3. The smallest absolute Gasteiger partial charge is 0.243 e. The highest BCUT2D eigenvalue weighted by Gasteiger charge is 2.16. The Labute approximate surface area is 88.7 Å². The first-order chi connectivity index (χ1) is 6.11. The SMILES string of the molecule is CC(=O)N[C@@H](CS)C(=O)NCCS. The van der Waals surface area contributed by atoms with Crippen LogP contribution in [-0.2, 0) is 9.59 Å². The van der Waals surface area contributed by atoms with Crippen molar-refractivity contribution in [2.45, 2.75) is 13.0 Å². The van der Waals surface area contributed by atoms with Gasteiger partial charge in [-0.05, 0) is 0 Å². The molecule has 0 saturated heterocycles. The minimum absolute atomic E-state index is 0.223. The Kier molecular flexibility index (Phi) is 6.89. The number of nitrogens with one attached hydrogen (secondary N) is 2. The Morgan fingerprint density at radius 2 is 2.00 bits per heavy atom. The van der Waals surface area contributed by atoms with Gasteiger partial charge in [0.15, 0.2) is 0 Å². The van der Waals surface area contributed by atoms with Gasteiger partial charge in [0.1, 0.15) is 6.04 Å². The van der Waals surface area contributed by atoms with Crippen molar-refractivity contribution >= 4 is 37.1 Å². The number of carbonyl (C=O) groups is 2. The van der Waals surface area contributed by atoms with Crippen molar-refractivity contribution in [3.05, 3.63) is 0 Å². The molecular formula is C7H14N2O2S2. The van der Waals surface area contributed by atoms with Crippen LogP contribution in [0.2, 0.25) is 0 Å². The number of hydrogen-bond acceptors (Lipinski definition) is 4. The largest absolute Gasteiger partial charge is 0.353 e. The van der Waals surface area contributed by atoms with E-state index in [2.05, 4.69) is 35.9 Å². The van der Waals surface area contributed by atoms with Crippen LogP contribution in [0.15, 0.2) is 0 Å². The van der Waals surface area contributed by atoms with Gasteiger partial charge in [0, 0.05) is 25.0 Å². The van der Waals surface area contributed by atoms with Crippen LogP contribution in [0.3, 0.4) is 0 Å². The molecule has 4 nitrogen and oxygen atoms in total. The van der Waals surface area contributed by atoms with Gasteiger partial charge in [-0.15, -0.1) is 0 Å². The maximum Gasteiger partial charge on any atom is 0.243 e. The maximum absolute atomic E-state index is 11.3. The van der Waals surface area contributed by atoms with Gasteiger partial charge < -0.3 is 10.6 Å². The van der Waals surface area contributed by atoms with Crippen molar-refractivity contribution in [2.24, 2.45) is 0 Å². The summed E-state index contributed by atoms with van der Waals surface area (Å²) in [5.74, 6) is 0.405. The molecule has 2 N–H and O–H groups in total. The van der Waals surface area contributed by atoms with Crippen LogP contribution in [0.5, 0.6) is 0 Å². The average molecular weight is 222 g/mol. The Bertz CT molecular complexity index is 187. The Morgan fingerprint density at radius 1 is 1.38 bits per heavy atom. The number of carbonyl (C=O) groups excluding carboxylic acids is 2. The van der Waals surface area contributed by atoms with Crippen LogP contribution < -0.4 is 10.6 Å².